The number of ketones is 1. The van der Waals surface area contributed by atoms with Gasteiger partial charge in [0.2, 0.25) is 0 Å². The lowest BCUT2D eigenvalue weighted by atomic mass is 9.91. The molecule has 1 aromatic rings. The molecule has 0 saturated heterocycles. The Labute approximate surface area is 112 Å². The van der Waals surface area contributed by atoms with E-state index in [1.807, 2.05) is 18.2 Å². The minimum absolute atomic E-state index is 0.106. The summed E-state index contributed by atoms with van der Waals surface area (Å²) in [5.74, 6) is 0.480. The molecule has 0 aliphatic heterocycles. The fourth-order valence-electron chi connectivity index (χ4n) is 2.42. The lowest BCUT2D eigenvalue weighted by molar-refractivity contribution is -0.122. The van der Waals surface area contributed by atoms with E-state index in [4.69, 9.17) is 23.2 Å². The summed E-state index contributed by atoms with van der Waals surface area (Å²) in [7, 11) is 0. The Morgan fingerprint density at radius 3 is 2.53 bits per heavy atom. The predicted octanol–water partition coefficient (Wildman–Crippen LogP) is 4.69. The molecule has 0 N–H and O–H groups in total. The van der Waals surface area contributed by atoms with Crippen LogP contribution in [0.5, 0.6) is 0 Å². The van der Waals surface area contributed by atoms with Crippen LogP contribution in [0.15, 0.2) is 18.2 Å². The minimum Gasteiger partial charge on any atom is -0.299 e. The predicted molar refractivity (Wildman–Crippen MR) is 71.7 cm³/mol. The van der Waals surface area contributed by atoms with Gasteiger partial charge in [-0.25, -0.2) is 0 Å². The highest BCUT2D eigenvalue weighted by atomic mass is 35.5. The second-order valence-corrected chi connectivity index (χ2v) is 5.48. The molecule has 1 atom stereocenters. The second-order valence-electron chi connectivity index (χ2n) is 4.67. The van der Waals surface area contributed by atoms with Gasteiger partial charge in [-0.1, -0.05) is 42.1 Å². The van der Waals surface area contributed by atoms with E-state index in [1.165, 1.54) is 6.42 Å². The number of hydrogen-bond donors (Lipinski definition) is 0. The molecule has 0 heterocycles. The van der Waals surface area contributed by atoms with E-state index in [0.717, 1.165) is 24.8 Å². The average molecular weight is 271 g/mol. The molecule has 0 aromatic heterocycles. The Kier molecular flexibility index (Phi) is 4.47. The molecule has 17 heavy (non-hydrogen) atoms. The number of carbonyl (C=O) groups is 1. The molecule has 1 nitrogen and oxygen atoms in total. The quantitative estimate of drug-likeness (QED) is 0.713. The van der Waals surface area contributed by atoms with Gasteiger partial charge in [-0.2, -0.15) is 0 Å². The van der Waals surface area contributed by atoms with Crippen LogP contribution in [0.4, 0.5) is 0 Å². The number of Topliss-reactive ketones (excluding diaryl/α,β-unsaturated/α-hetero) is 1. The Bertz CT molecular complexity index is 394. The van der Waals surface area contributed by atoms with E-state index in [9.17, 15) is 4.79 Å². The first kappa shape index (κ1) is 12.9. The summed E-state index contributed by atoms with van der Waals surface area (Å²) < 4.78 is 0. The van der Waals surface area contributed by atoms with Crippen molar-refractivity contribution in [3.63, 3.8) is 0 Å². The zero-order chi connectivity index (χ0) is 12.3. The van der Waals surface area contributed by atoms with Gasteiger partial charge in [0.1, 0.15) is 5.78 Å². The van der Waals surface area contributed by atoms with Crippen LogP contribution >= 0.6 is 23.2 Å². The number of rotatable bonds is 2. The summed E-state index contributed by atoms with van der Waals surface area (Å²) in [4.78, 5) is 12.0. The zero-order valence-electron chi connectivity index (χ0n) is 9.72. The monoisotopic (exact) mass is 270 g/mol. The van der Waals surface area contributed by atoms with Gasteiger partial charge in [0.05, 0.1) is 0 Å². The molecule has 1 aliphatic rings. The topological polar surface area (TPSA) is 17.1 Å². The third kappa shape index (κ3) is 3.23. The van der Waals surface area contributed by atoms with Crippen LogP contribution in [0.1, 0.15) is 37.7 Å². The van der Waals surface area contributed by atoms with E-state index in [2.05, 4.69) is 0 Å². The molecule has 0 radical (unpaired) electrons. The maximum atomic E-state index is 12.0. The Hall–Kier alpha value is -0.530. The number of hydrogen-bond acceptors (Lipinski definition) is 1. The normalized spacial score (nSPS) is 21.3. The third-order valence-corrected chi connectivity index (χ3v) is 4.15. The molecule has 1 aromatic carbocycles. The summed E-state index contributed by atoms with van der Waals surface area (Å²) in [6, 6.07) is 5.51. The molecule has 1 aliphatic carbocycles. The van der Waals surface area contributed by atoms with Crippen molar-refractivity contribution >= 4 is 29.0 Å². The summed E-state index contributed by atoms with van der Waals surface area (Å²) in [5.41, 5.74) is 0.927. The minimum atomic E-state index is 0.106. The molecule has 92 valence electrons. The Morgan fingerprint density at radius 1 is 1.12 bits per heavy atom. The molecule has 2 rings (SSSR count). The first-order chi connectivity index (χ1) is 8.18. The van der Waals surface area contributed by atoms with Gasteiger partial charge in [-0.15, -0.1) is 0 Å². The lowest BCUT2D eigenvalue weighted by Crippen LogP contribution is -2.15. The molecule has 0 spiro atoms. The Balaban J connectivity index is 2.16. The van der Waals surface area contributed by atoms with Crippen molar-refractivity contribution in [1.82, 2.24) is 0 Å². The van der Waals surface area contributed by atoms with E-state index in [0.29, 0.717) is 28.7 Å². The van der Waals surface area contributed by atoms with Gasteiger partial charge in [0.25, 0.3) is 0 Å². The van der Waals surface area contributed by atoms with Crippen LogP contribution in [0.25, 0.3) is 0 Å². The van der Waals surface area contributed by atoms with Gasteiger partial charge in [0.15, 0.2) is 0 Å². The fourth-order valence-corrected chi connectivity index (χ4v) is 2.97. The molecular weight excluding hydrogens is 255 g/mol. The van der Waals surface area contributed by atoms with Crippen molar-refractivity contribution in [1.29, 1.82) is 0 Å². The smallest absolute Gasteiger partial charge is 0.136 e. The van der Waals surface area contributed by atoms with Crippen molar-refractivity contribution in [3.05, 3.63) is 33.8 Å². The van der Waals surface area contributed by atoms with Crippen LogP contribution < -0.4 is 0 Å². The van der Waals surface area contributed by atoms with Crippen molar-refractivity contribution in [2.24, 2.45) is 5.92 Å². The lowest BCUT2D eigenvalue weighted by Gasteiger charge is -2.14. The van der Waals surface area contributed by atoms with E-state index in [-0.39, 0.29) is 5.92 Å². The molecule has 3 heteroatoms. The van der Waals surface area contributed by atoms with Crippen molar-refractivity contribution < 1.29 is 4.79 Å². The summed E-state index contributed by atoms with van der Waals surface area (Å²) in [5, 5.41) is 1.35. The van der Waals surface area contributed by atoms with Crippen LogP contribution in [-0.4, -0.2) is 5.78 Å². The molecule has 0 bridgehead atoms. The van der Waals surface area contributed by atoms with Crippen molar-refractivity contribution in [2.45, 2.75) is 38.5 Å². The van der Waals surface area contributed by atoms with E-state index in [1.54, 1.807) is 0 Å². The van der Waals surface area contributed by atoms with E-state index >= 15 is 0 Å². The third-order valence-electron chi connectivity index (χ3n) is 3.44. The molecule has 0 amide bonds. The first-order valence-corrected chi connectivity index (χ1v) is 6.89. The number of benzene rings is 1. The summed E-state index contributed by atoms with van der Waals surface area (Å²) in [6.45, 7) is 0. The molecule has 1 unspecified atom stereocenters. The number of halogens is 2. The summed E-state index contributed by atoms with van der Waals surface area (Å²) in [6.07, 6.45) is 5.72. The van der Waals surface area contributed by atoms with Gasteiger partial charge in [0, 0.05) is 22.4 Å². The van der Waals surface area contributed by atoms with Gasteiger partial charge in [-0.3, -0.25) is 4.79 Å². The zero-order valence-corrected chi connectivity index (χ0v) is 11.2. The maximum absolute atomic E-state index is 12.0. The Morgan fingerprint density at radius 2 is 1.82 bits per heavy atom. The molecular formula is C14H16Cl2O. The van der Waals surface area contributed by atoms with Crippen LogP contribution in [-0.2, 0) is 11.2 Å². The van der Waals surface area contributed by atoms with Gasteiger partial charge >= 0.3 is 0 Å². The standard InChI is InChI=1S/C14H16Cl2O/c15-12-6-4-7-13(16)11(12)9-10-5-2-1-3-8-14(10)17/h4,6-7,10H,1-3,5,8-9H2. The molecule has 1 saturated carbocycles. The highest BCUT2D eigenvalue weighted by Crippen LogP contribution is 2.30. The first-order valence-electron chi connectivity index (χ1n) is 6.14. The molecule has 1 fully saturated rings. The maximum Gasteiger partial charge on any atom is 0.136 e. The van der Waals surface area contributed by atoms with Crippen molar-refractivity contribution in [2.75, 3.05) is 0 Å². The SMILES string of the molecule is O=C1CCCCCC1Cc1c(Cl)cccc1Cl. The fraction of sp³-hybridized carbons (Fsp3) is 0.500. The largest absolute Gasteiger partial charge is 0.299 e. The van der Waals surface area contributed by atoms with Crippen molar-refractivity contribution in [3.8, 4) is 0 Å². The highest BCUT2D eigenvalue weighted by Gasteiger charge is 2.22. The number of carbonyl (C=O) groups excluding carboxylic acids is 1. The van der Waals surface area contributed by atoms with Crippen LogP contribution in [0.3, 0.4) is 0 Å². The second kappa shape index (κ2) is 5.88. The van der Waals surface area contributed by atoms with Crippen LogP contribution in [0, 0.1) is 5.92 Å². The van der Waals surface area contributed by atoms with E-state index < -0.39 is 0 Å². The van der Waals surface area contributed by atoms with Gasteiger partial charge in [-0.05, 0) is 37.0 Å². The summed E-state index contributed by atoms with van der Waals surface area (Å²) >= 11 is 12.3. The van der Waals surface area contributed by atoms with Crippen LogP contribution in [0.2, 0.25) is 10.0 Å². The van der Waals surface area contributed by atoms with Gasteiger partial charge < -0.3 is 0 Å². The highest BCUT2D eigenvalue weighted by molar-refractivity contribution is 6.36. The average Bonchev–Trinajstić information content (AvgIpc) is 2.49.